The van der Waals surface area contributed by atoms with Gasteiger partial charge in [0.2, 0.25) is 34.8 Å². The van der Waals surface area contributed by atoms with Gasteiger partial charge < -0.3 is 14.6 Å². The van der Waals surface area contributed by atoms with E-state index in [1.165, 1.54) is 17.0 Å². The van der Waals surface area contributed by atoms with Gasteiger partial charge >= 0.3 is 6.03 Å². The normalized spacial score (nSPS) is 18.2. The molecule has 0 spiro atoms. The van der Waals surface area contributed by atoms with Crippen molar-refractivity contribution in [2.45, 2.75) is 31.8 Å². The standard InChI is InChI=1S/C27H18F5N3O3/c1-27(2)24-15(14-5-3-4-6-16(14)33-24)11-17-25(36)34(26(37)35(17)27)12-7-9-13(10-8-12)38-23-21(31)19(29)18(28)20(30)22(23)32/h3-10,17,33H,11H2,1-2H3/t17-/m0/s1. The van der Waals surface area contributed by atoms with E-state index >= 15 is 0 Å². The van der Waals surface area contributed by atoms with Crippen molar-refractivity contribution >= 4 is 28.5 Å². The maximum absolute atomic E-state index is 14.0. The Bertz CT molecular complexity index is 1640. The number of amides is 3. The van der Waals surface area contributed by atoms with Crippen molar-refractivity contribution in [1.29, 1.82) is 0 Å². The Morgan fingerprint density at radius 3 is 2.13 bits per heavy atom. The molecule has 2 aliphatic heterocycles. The van der Waals surface area contributed by atoms with Crippen molar-refractivity contribution < 1.29 is 36.3 Å². The molecule has 3 amide bonds. The van der Waals surface area contributed by atoms with Crippen molar-refractivity contribution in [3.63, 3.8) is 0 Å². The molecule has 0 aliphatic carbocycles. The third-order valence-electron chi connectivity index (χ3n) is 7.12. The summed E-state index contributed by atoms with van der Waals surface area (Å²) in [6.07, 6.45) is 0.311. The van der Waals surface area contributed by atoms with Crippen LogP contribution in [0, 0.1) is 29.1 Å². The third-order valence-corrected chi connectivity index (χ3v) is 7.12. The Kier molecular flexibility index (Phi) is 5.07. The van der Waals surface area contributed by atoms with Crippen molar-refractivity contribution in [2.24, 2.45) is 0 Å². The first-order chi connectivity index (χ1) is 18.0. The average Bonchev–Trinajstić information content (AvgIpc) is 3.41. The second kappa shape index (κ2) is 8.04. The van der Waals surface area contributed by atoms with Gasteiger partial charge in [0.25, 0.3) is 5.91 Å². The van der Waals surface area contributed by atoms with Crippen LogP contribution in [0.3, 0.4) is 0 Å². The van der Waals surface area contributed by atoms with Crippen LogP contribution >= 0.6 is 0 Å². The molecule has 0 saturated carbocycles. The first-order valence-electron chi connectivity index (χ1n) is 11.6. The van der Waals surface area contributed by atoms with Crippen LogP contribution < -0.4 is 9.64 Å². The molecular formula is C27H18F5N3O3. The molecule has 1 fully saturated rings. The van der Waals surface area contributed by atoms with Gasteiger partial charge in [-0.2, -0.15) is 8.78 Å². The molecule has 3 aromatic carbocycles. The molecule has 1 saturated heterocycles. The minimum Gasteiger partial charge on any atom is -0.451 e. The molecule has 194 valence electrons. The van der Waals surface area contributed by atoms with Gasteiger partial charge in [-0.05, 0) is 49.7 Å². The largest absolute Gasteiger partial charge is 0.451 e. The Morgan fingerprint density at radius 2 is 1.47 bits per heavy atom. The van der Waals surface area contributed by atoms with Gasteiger partial charge in [-0.1, -0.05) is 18.2 Å². The summed E-state index contributed by atoms with van der Waals surface area (Å²) in [5.41, 5.74) is 2.02. The molecule has 0 bridgehead atoms. The monoisotopic (exact) mass is 527 g/mol. The van der Waals surface area contributed by atoms with Crippen molar-refractivity contribution in [2.75, 3.05) is 4.90 Å². The van der Waals surface area contributed by atoms with E-state index < -0.39 is 58.4 Å². The average molecular weight is 527 g/mol. The predicted molar refractivity (Wildman–Crippen MR) is 126 cm³/mol. The number of benzene rings is 3. The molecular weight excluding hydrogens is 509 g/mol. The summed E-state index contributed by atoms with van der Waals surface area (Å²) < 4.78 is 73.2. The highest BCUT2D eigenvalue weighted by atomic mass is 19.2. The number of imide groups is 1. The number of hydrogen-bond donors (Lipinski definition) is 1. The van der Waals surface area contributed by atoms with Crippen LogP contribution in [0.4, 0.5) is 32.4 Å². The van der Waals surface area contributed by atoms with Gasteiger partial charge in [0.15, 0.2) is 0 Å². The molecule has 38 heavy (non-hydrogen) atoms. The Balaban J connectivity index is 1.31. The van der Waals surface area contributed by atoms with E-state index in [9.17, 15) is 31.5 Å². The highest BCUT2D eigenvalue weighted by molar-refractivity contribution is 6.22. The second-order valence-electron chi connectivity index (χ2n) is 9.62. The fourth-order valence-electron chi connectivity index (χ4n) is 5.34. The van der Waals surface area contributed by atoms with Crippen molar-refractivity contribution in [3.8, 4) is 11.5 Å². The molecule has 0 unspecified atom stereocenters. The summed E-state index contributed by atoms with van der Waals surface area (Å²) in [7, 11) is 0. The van der Waals surface area contributed by atoms with E-state index in [0.717, 1.165) is 39.2 Å². The SMILES string of the molecule is CC1(C)c2[nH]c3ccccc3c2C[C@H]2C(=O)N(c3ccc(Oc4c(F)c(F)c(F)c(F)c4F)cc3)C(=O)N21. The number of H-pyrrole nitrogens is 1. The zero-order valence-corrected chi connectivity index (χ0v) is 19.9. The highest BCUT2D eigenvalue weighted by Crippen LogP contribution is 2.45. The molecule has 6 rings (SSSR count). The Hall–Kier alpha value is -4.41. The van der Waals surface area contributed by atoms with Crippen LogP contribution in [-0.2, 0) is 16.8 Å². The van der Waals surface area contributed by atoms with Gasteiger partial charge in [-0.15, -0.1) is 0 Å². The second-order valence-corrected chi connectivity index (χ2v) is 9.62. The van der Waals surface area contributed by atoms with Gasteiger partial charge in [-0.3, -0.25) is 4.79 Å². The first kappa shape index (κ1) is 24.0. The molecule has 4 aromatic rings. The van der Waals surface area contributed by atoms with Crippen molar-refractivity contribution in [3.05, 3.63) is 88.9 Å². The summed E-state index contributed by atoms with van der Waals surface area (Å²) in [5.74, 6) is -13.0. The molecule has 11 heteroatoms. The van der Waals surface area contributed by atoms with E-state index in [1.807, 2.05) is 38.1 Å². The maximum Gasteiger partial charge on any atom is 0.332 e. The summed E-state index contributed by atoms with van der Waals surface area (Å²) in [4.78, 5) is 32.9. The number of aromatic amines is 1. The number of carbonyl (C=O) groups excluding carboxylic acids is 2. The van der Waals surface area contributed by atoms with Crippen LogP contribution in [0.5, 0.6) is 11.5 Å². The maximum atomic E-state index is 14.0. The van der Waals surface area contributed by atoms with Crippen LogP contribution in [0.1, 0.15) is 25.1 Å². The van der Waals surface area contributed by atoms with Gasteiger partial charge in [0, 0.05) is 23.0 Å². The Labute approximate surface area is 212 Å². The lowest BCUT2D eigenvalue weighted by Gasteiger charge is -2.42. The van der Waals surface area contributed by atoms with E-state index in [4.69, 9.17) is 4.74 Å². The number of para-hydroxylation sites is 1. The molecule has 0 radical (unpaired) electrons. The minimum absolute atomic E-state index is 0.156. The molecule has 3 heterocycles. The number of hydrogen-bond acceptors (Lipinski definition) is 3. The number of carbonyl (C=O) groups is 2. The van der Waals surface area contributed by atoms with E-state index in [2.05, 4.69) is 4.98 Å². The van der Waals surface area contributed by atoms with Gasteiger partial charge in [-0.25, -0.2) is 22.9 Å². The smallest absolute Gasteiger partial charge is 0.332 e. The van der Waals surface area contributed by atoms with Crippen LogP contribution in [0.25, 0.3) is 10.9 Å². The minimum atomic E-state index is -2.30. The lowest BCUT2D eigenvalue weighted by Crippen LogP contribution is -2.52. The van der Waals surface area contributed by atoms with Crippen LogP contribution in [-0.4, -0.2) is 27.9 Å². The first-order valence-corrected chi connectivity index (χ1v) is 11.6. The topological polar surface area (TPSA) is 65.6 Å². The number of rotatable bonds is 3. The lowest BCUT2D eigenvalue weighted by molar-refractivity contribution is -0.121. The zero-order valence-electron chi connectivity index (χ0n) is 19.9. The number of aromatic nitrogens is 1. The van der Waals surface area contributed by atoms with Crippen LogP contribution in [0.2, 0.25) is 0 Å². The van der Waals surface area contributed by atoms with E-state index in [0.29, 0.717) is 6.42 Å². The predicted octanol–water partition coefficient (Wildman–Crippen LogP) is 6.28. The summed E-state index contributed by atoms with van der Waals surface area (Å²) in [5, 5.41) is 0.976. The van der Waals surface area contributed by atoms with E-state index in [1.54, 1.807) is 0 Å². The summed E-state index contributed by atoms with van der Waals surface area (Å²) in [6, 6.07) is 11.3. The Morgan fingerprint density at radius 1 is 0.868 bits per heavy atom. The number of nitrogens with zero attached hydrogens (tertiary/aromatic N) is 2. The number of ether oxygens (including phenoxy) is 1. The number of fused-ring (bicyclic) bond motifs is 4. The van der Waals surface area contributed by atoms with Crippen molar-refractivity contribution in [1.82, 2.24) is 9.88 Å². The molecule has 1 atom stereocenters. The number of anilines is 1. The third kappa shape index (κ3) is 3.17. The summed E-state index contributed by atoms with van der Waals surface area (Å²) >= 11 is 0. The zero-order chi connectivity index (χ0) is 27.1. The number of urea groups is 1. The summed E-state index contributed by atoms with van der Waals surface area (Å²) in [6.45, 7) is 3.70. The highest BCUT2D eigenvalue weighted by Gasteiger charge is 2.55. The van der Waals surface area contributed by atoms with E-state index in [-0.39, 0.29) is 11.4 Å². The lowest BCUT2D eigenvalue weighted by atomic mass is 9.85. The van der Waals surface area contributed by atoms with Crippen LogP contribution in [0.15, 0.2) is 48.5 Å². The number of nitrogens with one attached hydrogen (secondary N) is 1. The van der Waals surface area contributed by atoms with Gasteiger partial charge in [0.05, 0.1) is 11.2 Å². The molecule has 2 aliphatic rings. The van der Waals surface area contributed by atoms with Gasteiger partial charge in [0.1, 0.15) is 11.8 Å². The fourth-order valence-corrected chi connectivity index (χ4v) is 5.34. The molecule has 1 N–H and O–H groups in total. The number of halogens is 5. The quantitative estimate of drug-likeness (QED) is 0.148. The molecule has 1 aromatic heterocycles. The fraction of sp³-hybridized carbons (Fsp3) is 0.185. The molecule has 6 nitrogen and oxygen atoms in total.